The van der Waals surface area contributed by atoms with E-state index in [9.17, 15) is 4.39 Å². The molecule has 0 amide bonds. The number of aromatic amines is 1. The maximum atomic E-state index is 13.2. The first-order valence-electron chi connectivity index (χ1n) is 9.44. The van der Waals surface area contributed by atoms with Crippen LogP contribution in [0.4, 0.5) is 4.39 Å². The maximum absolute atomic E-state index is 13.2. The number of halogens is 1. The molecule has 0 spiro atoms. The van der Waals surface area contributed by atoms with Crippen molar-refractivity contribution < 1.29 is 4.39 Å². The molecule has 140 valence electrons. The van der Waals surface area contributed by atoms with Crippen LogP contribution in [0.3, 0.4) is 0 Å². The van der Waals surface area contributed by atoms with Gasteiger partial charge < -0.3 is 5.32 Å². The molecule has 2 N–H and O–H groups in total. The molecule has 1 aliphatic heterocycles. The summed E-state index contributed by atoms with van der Waals surface area (Å²) in [5.41, 5.74) is 4.20. The van der Waals surface area contributed by atoms with Crippen molar-refractivity contribution in [2.24, 2.45) is 0 Å². The zero-order chi connectivity index (χ0) is 18.5. The fourth-order valence-corrected chi connectivity index (χ4v) is 3.74. The van der Waals surface area contributed by atoms with Crippen molar-refractivity contribution >= 4 is 0 Å². The van der Waals surface area contributed by atoms with E-state index in [0.717, 1.165) is 36.5 Å². The number of aromatic nitrogens is 3. The Morgan fingerprint density at radius 3 is 2.67 bits per heavy atom. The molecule has 0 saturated carbocycles. The van der Waals surface area contributed by atoms with Crippen LogP contribution in [-0.4, -0.2) is 39.7 Å². The van der Waals surface area contributed by atoms with Gasteiger partial charge in [0, 0.05) is 42.7 Å². The lowest BCUT2D eigenvalue weighted by Gasteiger charge is -2.28. The molecule has 27 heavy (non-hydrogen) atoms. The minimum Gasteiger partial charge on any atom is -0.311 e. The van der Waals surface area contributed by atoms with Crippen LogP contribution >= 0.6 is 0 Å². The van der Waals surface area contributed by atoms with E-state index in [1.807, 2.05) is 24.7 Å². The van der Waals surface area contributed by atoms with Crippen molar-refractivity contribution in [3.05, 3.63) is 71.9 Å². The monoisotopic (exact) mass is 365 g/mol. The Morgan fingerprint density at radius 1 is 1.11 bits per heavy atom. The van der Waals surface area contributed by atoms with Crippen LogP contribution in [0.1, 0.15) is 30.0 Å². The van der Waals surface area contributed by atoms with E-state index in [4.69, 9.17) is 0 Å². The Bertz CT molecular complexity index is 841. The maximum Gasteiger partial charge on any atom is 0.123 e. The zero-order valence-electron chi connectivity index (χ0n) is 15.2. The van der Waals surface area contributed by atoms with Crippen molar-refractivity contribution in [3.8, 4) is 11.3 Å². The van der Waals surface area contributed by atoms with E-state index in [-0.39, 0.29) is 5.82 Å². The second-order valence-electron chi connectivity index (χ2n) is 6.95. The highest BCUT2D eigenvalue weighted by Crippen LogP contribution is 2.25. The van der Waals surface area contributed by atoms with Gasteiger partial charge in [-0.25, -0.2) is 4.39 Å². The van der Waals surface area contributed by atoms with Gasteiger partial charge in [-0.1, -0.05) is 6.07 Å². The Kier molecular flexibility index (Phi) is 5.55. The van der Waals surface area contributed by atoms with E-state index in [2.05, 4.69) is 31.5 Å². The van der Waals surface area contributed by atoms with E-state index in [1.165, 1.54) is 30.5 Å². The number of benzene rings is 1. The summed E-state index contributed by atoms with van der Waals surface area (Å²) in [5, 5.41) is 10.8. The third-order valence-corrected chi connectivity index (χ3v) is 5.15. The largest absolute Gasteiger partial charge is 0.311 e. The molecule has 5 nitrogen and oxygen atoms in total. The lowest BCUT2D eigenvalue weighted by Crippen LogP contribution is -2.34. The summed E-state index contributed by atoms with van der Waals surface area (Å²) in [7, 11) is 0. The fraction of sp³-hybridized carbons (Fsp3) is 0.333. The van der Waals surface area contributed by atoms with Crippen LogP contribution in [-0.2, 0) is 6.54 Å². The van der Waals surface area contributed by atoms with Crippen LogP contribution in [0.5, 0.6) is 0 Å². The fourth-order valence-electron chi connectivity index (χ4n) is 3.74. The number of nitrogens with one attached hydrogen (secondary N) is 2. The molecule has 3 heterocycles. The van der Waals surface area contributed by atoms with Crippen molar-refractivity contribution in [2.75, 3.05) is 19.6 Å². The summed E-state index contributed by atoms with van der Waals surface area (Å²) in [4.78, 5) is 6.82. The van der Waals surface area contributed by atoms with Crippen molar-refractivity contribution in [1.29, 1.82) is 0 Å². The van der Waals surface area contributed by atoms with Crippen LogP contribution in [0, 0.1) is 5.82 Å². The lowest BCUT2D eigenvalue weighted by atomic mass is 10.1. The minimum atomic E-state index is -0.233. The summed E-state index contributed by atoms with van der Waals surface area (Å²) < 4.78 is 13.2. The summed E-state index contributed by atoms with van der Waals surface area (Å²) in [6, 6.07) is 11.0. The highest BCUT2D eigenvalue weighted by molar-refractivity contribution is 5.62. The van der Waals surface area contributed by atoms with Crippen LogP contribution in [0.25, 0.3) is 11.3 Å². The number of hydrogen-bond acceptors (Lipinski definition) is 4. The lowest BCUT2D eigenvalue weighted by molar-refractivity contribution is 0.238. The molecule has 0 bridgehead atoms. The Hall–Kier alpha value is -2.57. The number of hydrogen-bond donors (Lipinski definition) is 2. The normalized spacial score (nSPS) is 15.9. The van der Waals surface area contributed by atoms with Gasteiger partial charge in [0.2, 0.25) is 0 Å². The van der Waals surface area contributed by atoms with Crippen LogP contribution in [0.2, 0.25) is 0 Å². The molecule has 0 radical (unpaired) electrons. The topological polar surface area (TPSA) is 56.8 Å². The van der Waals surface area contributed by atoms with E-state index >= 15 is 0 Å². The molecule has 2 aromatic heterocycles. The zero-order valence-corrected chi connectivity index (χ0v) is 15.2. The molecule has 1 unspecified atom stereocenters. The molecule has 1 aliphatic rings. The molecule has 0 aliphatic carbocycles. The van der Waals surface area contributed by atoms with Crippen LogP contribution in [0.15, 0.2) is 55.0 Å². The molecular formula is C21H24FN5. The van der Waals surface area contributed by atoms with Gasteiger partial charge in [0.25, 0.3) is 0 Å². The van der Waals surface area contributed by atoms with Gasteiger partial charge in [0.05, 0.1) is 11.9 Å². The van der Waals surface area contributed by atoms with Gasteiger partial charge >= 0.3 is 0 Å². The first-order chi connectivity index (χ1) is 13.3. The highest BCUT2D eigenvalue weighted by Gasteiger charge is 2.23. The predicted octanol–water partition coefficient (Wildman–Crippen LogP) is 3.54. The smallest absolute Gasteiger partial charge is 0.123 e. The van der Waals surface area contributed by atoms with Gasteiger partial charge in [-0.15, -0.1) is 0 Å². The van der Waals surface area contributed by atoms with Crippen molar-refractivity contribution in [1.82, 2.24) is 25.4 Å². The van der Waals surface area contributed by atoms with E-state index < -0.39 is 0 Å². The minimum absolute atomic E-state index is 0.233. The molecular weight excluding hydrogens is 341 g/mol. The molecule has 1 saturated heterocycles. The number of likely N-dealkylation sites (tertiary alicyclic amines) is 1. The third kappa shape index (κ3) is 4.23. The van der Waals surface area contributed by atoms with Gasteiger partial charge in [-0.3, -0.25) is 15.0 Å². The van der Waals surface area contributed by atoms with Crippen LogP contribution < -0.4 is 5.32 Å². The molecule has 1 fully saturated rings. The summed E-state index contributed by atoms with van der Waals surface area (Å²) >= 11 is 0. The van der Waals surface area contributed by atoms with Crippen molar-refractivity contribution in [3.63, 3.8) is 0 Å². The SMILES string of the molecule is Fc1ccc(-c2[nH]ncc2CNCC(c2cccnc2)N2CCCC2)cc1. The Balaban J connectivity index is 1.44. The first-order valence-corrected chi connectivity index (χ1v) is 9.44. The Morgan fingerprint density at radius 2 is 1.93 bits per heavy atom. The number of pyridine rings is 1. The quantitative estimate of drug-likeness (QED) is 0.672. The highest BCUT2D eigenvalue weighted by atomic mass is 19.1. The van der Waals surface area contributed by atoms with E-state index in [0.29, 0.717) is 12.6 Å². The van der Waals surface area contributed by atoms with Gasteiger partial charge in [-0.05, 0) is 61.8 Å². The van der Waals surface area contributed by atoms with Gasteiger partial charge in [-0.2, -0.15) is 5.10 Å². The molecule has 1 atom stereocenters. The molecule has 1 aromatic carbocycles. The summed E-state index contributed by atoms with van der Waals surface area (Å²) in [5.74, 6) is -0.233. The third-order valence-electron chi connectivity index (χ3n) is 5.15. The number of H-pyrrole nitrogens is 1. The summed E-state index contributed by atoms with van der Waals surface area (Å²) in [6.45, 7) is 3.81. The van der Waals surface area contributed by atoms with Gasteiger partial charge in [0.1, 0.15) is 5.82 Å². The standard InChI is InChI=1S/C21H24FN5/c22-19-7-5-16(6-8-19)21-18(14-25-26-21)13-24-15-20(27-10-1-2-11-27)17-4-3-9-23-12-17/h3-9,12,14,20,24H,1-2,10-11,13,15H2,(H,25,26). The molecule has 4 rings (SSSR count). The van der Waals surface area contributed by atoms with Gasteiger partial charge in [0.15, 0.2) is 0 Å². The second-order valence-corrected chi connectivity index (χ2v) is 6.95. The first kappa shape index (κ1) is 17.8. The Labute approximate surface area is 158 Å². The molecule has 6 heteroatoms. The summed E-state index contributed by atoms with van der Waals surface area (Å²) in [6.07, 6.45) is 8.13. The number of nitrogens with zero attached hydrogens (tertiary/aromatic N) is 3. The average molecular weight is 365 g/mol. The second kappa shape index (κ2) is 8.41. The van der Waals surface area contributed by atoms with E-state index in [1.54, 1.807) is 12.1 Å². The predicted molar refractivity (Wildman–Crippen MR) is 103 cm³/mol. The van der Waals surface area contributed by atoms with Crippen molar-refractivity contribution in [2.45, 2.75) is 25.4 Å². The molecule has 3 aromatic rings. The number of rotatable bonds is 7. The average Bonchev–Trinajstić information content (AvgIpc) is 3.39.